The first-order chi connectivity index (χ1) is 8.49. The fourth-order valence-electron chi connectivity index (χ4n) is 1.48. The average Bonchev–Trinajstić information content (AvgIpc) is 2.27. The Morgan fingerprint density at radius 1 is 1.33 bits per heavy atom. The van der Waals surface area contributed by atoms with Crippen LogP contribution < -0.4 is 5.32 Å². The summed E-state index contributed by atoms with van der Waals surface area (Å²) >= 11 is 11.8. The van der Waals surface area contributed by atoms with Crippen LogP contribution in [-0.2, 0) is 11.2 Å². The second-order valence-electron chi connectivity index (χ2n) is 4.39. The van der Waals surface area contributed by atoms with E-state index in [-0.39, 0.29) is 5.91 Å². The molecule has 0 spiro atoms. The molecule has 1 aromatic rings. The minimum atomic E-state index is 0.0443. The molecule has 1 aromatic carbocycles. The van der Waals surface area contributed by atoms with Gasteiger partial charge in [0.15, 0.2) is 0 Å². The van der Waals surface area contributed by atoms with Crippen LogP contribution in [0.1, 0.15) is 12.0 Å². The third kappa shape index (κ3) is 5.71. The first-order valence-electron chi connectivity index (χ1n) is 5.84. The van der Waals surface area contributed by atoms with Crippen molar-refractivity contribution in [2.45, 2.75) is 12.8 Å². The Kier molecular flexibility index (Phi) is 6.47. The first-order valence-corrected chi connectivity index (χ1v) is 6.60. The van der Waals surface area contributed by atoms with Gasteiger partial charge in [0.05, 0.1) is 0 Å². The van der Waals surface area contributed by atoms with Gasteiger partial charge in [0.2, 0.25) is 5.91 Å². The Hall–Kier alpha value is -0.770. The summed E-state index contributed by atoms with van der Waals surface area (Å²) in [5, 5.41) is 4.09. The molecule has 0 radical (unpaired) electrons. The van der Waals surface area contributed by atoms with Crippen LogP contribution in [0.4, 0.5) is 0 Å². The fourth-order valence-corrected chi connectivity index (χ4v) is 1.98. The van der Waals surface area contributed by atoms with Gasteiger partial charge >= 0.3 is 0 Å². The molecule has 0 aliphatic heterocycles. The molecule has 0 unspecified atom stereocenters. The summed E-state index contributed by atoms with van der Waals surface area (Å²) < 4.78 is 0. The number of carbonyl (C=O) groups excluding carboxylic acids is 1. The van der Waals surface area contributed by atoms with Crippen LogP contribution in [0.3, 0.4) is 0 Å². The molecule has 0 saturated carbocycles. The standard InChI is InChI=1S/C13H18Cl2N2O/c1-17(2)8-7-16-13(18)6-4-10-3-5-11(14)9-12(10)15/h3,5,9H,4,6-8H2,1-2H3,(H,16,18). The highest BCUT2D eigenvalue weighted by Crippen LogP contribution is 2.21. The Labute approximate surface area is 118 Å². The molecular formula is C13H18Cl2N2O. The van der Waals surface area contributed by atoms with Crippen molar-refractivity contribution in [2.75, 3.05) is 27.2 Å². The normalized spacial score (nSPS) is 10.7. The van der Waals surface area contributed by atoms with E-state index >= 15 is 0 Å². The van der Waals surface area contributed by atoms with Gasteiger partial charge in [-0.3, -0.25) is 4.79 Å². The highest BCUT2D eigenvalue weighted by molar-refractivity contribution is 6.35. The number of amides is 1. The van der Waals surface area contributed by atoms with E-state index in [4.69, 9.17) is 23.2 Å². The van der Waals surface area contributed by atoms with Gasteiger partial charge in [0, 0.05) is 29.6 Å². The van der Waals surface area contributed by atoms with Crippen molar-refractivity contribution in [3.63, 3.8) is 0 Å². The van der Waals surface area contributed by atoms with Gasteiger partial charge in [0.1, 0.15) is 0 Å². The lowest BCUT2D eigenvalue weighted by atomic mass is 10.1. The zero-order valence-electron chi connectivity index (χ0n) is 10.7. The molecule has 0 aromatic heterocycles. The van der Waals surface area contributed by atoms with Crippen LogP contribution in [0.15, 0.2) is 18.2 Å². The molecule has 100 valence electrons. The van der Waals surface area contributed by atoms with Crippen molar-refractivity contribution in [2.24, 2.45) is 0 Å². The zero-order valence-corrected chi connectivity index (χ0v) is 12.2. The predicted octanol–water partition coefficient (Wildman–Crippen LogP) is 2.60. The maximum Gasteiger partial charge on any atom is 0.220 e. The second-order valence-corrected chi connectivity index (χ2v) is 5.23. The first kappa shape index (κ1) is 15.3. The molecule has 0 fully saturated rings. The van der Waals surface area contributed by atoms with E-state index in [1.807, 2.05) is 25.1 Å². The molecule has 5 heteroatoms. The molecule has 0 aliphatic carbocycles. The monoisotopic (exact) mass is 288 g/mol. The van der Waals surface area contributed by atoms with Crippen LogP contribution in [-0.4, -0.2) is 38.0 Å². The van der Waals surface area contributed by atoms with Crippen molar-refractivity contribution in [1.29, 1.82) is 0 Å². The minimum Gasteiger partial charge on any atom is -0.355 e. The minimum absolute atomic E-state index is 0.0443. The molecule has 1 N–H and O–H groups in total. The van der Waals surface area contributed by atoms with Gasteiger partial charge < -0.3 is 10.2 Å². The topological polar surface area (TPSA) is 32.3 Å². The quantitative estimate of drug-likeness (QED) is 0.873. The number of aryl methyl sites for hydroxylation is 1. The Bertz CT molecular complexity index is 408. The molecule has 0 saturated heterocycles. The van der Waals surface area contributed by atoms with Gasteiger partial charge in [-0.25, -0.2) is 0 Å². The van der Waals surface area contributed by atoms with Gasteiger partial charge in [-0.15, -0.1) is 0 Å². The number of nitrogens with zero attached hydrogens (tertiary/aromatic N) is 1. The molecule has 1 rings (SSSR count). The number of benzene rings is 1. The summed E-state index contributed by atoms with van der Waals surface area (Å²) in [6.07, 6.45) is 1.07. The molecular weight excluding hydrogens is 271 g/mol. The summed E-state index contributed by atoms with van der Waals surface area (Å²) in [5.41, 5.74) is 0.948. The Balaban J connectivity index is 2.33. The number of hydrogen-bond acceptors (Lipinski definition) is 2. The van der Waals surface area contributed by atoms with Crippen molar-refractivity contribution < 1.29 is 4.79 Å². The smallest absolute Gasteiger partial charge is 0.220 e. The summed E-state index contributed by atoms with van der Waals surface area (Å²) in [4.78, 5) is 13.6. The molecule has 0 atom stereocenters. The van der Waals surface area contributed by atoms with Gasteiger partial charge in [0.25, 0.3) is 0 Å². The largest absolute Gasteiger partial charge is 0.355 e. The van der Waals surface area contributed by atoms with Crippen molar-refractivity contribution >= 4 is 29.1 Å². The Morgan fingerprint density at radius 2 is 2.06 bits per heavy atom. The van der Waals surface area contributed by atoms with Gasteiger partial charge in [-0.05, 0) is 38.2 Å². The number of nitrogens with one attached hydrogen (secondary N) is 1. The lowest BCUT2D eigenvalue weighted by molar-refractivity contribution is -0.121. The summed E-state index contributed by atoms with van der Waals surface area (Å²) in [6, 6.07) is 5.34. The molecule has 0 aliphatic rings. The second kappa shape index (κ2) is 7.62. The van der Waals surface area contributed by atoms with Gasteiger partial charge in [-0.2, -0.15) is 0 Å². The van der Waals surface area contributed by atoms with Crippen LogP contribution in [0.25, 0.3) is 0 Å². The zero-order chi connectivity index (χ0) is 13.5. The number of likely N-dealkylation sites (N-methyl/N-ethyl adjacent to an activating group) is 1. The molecule has 0 heterocycles. The highest BCUT2D eigenvalue weighted by atomic mass is 35.5. The van der Waals surface area contributed by atoms with E-state index in [9.17, 15) is 4.79 Å². The lowest BCUT2D eigenvalue weighted by Crippen LogP contribution is -2.31. The lowest BCUT2D eigenvalue weighted by Gasteiger charge is -2.10. The van der Waals surface area contributed by atoms with Crippen LogP contribution in [0.5, 0.6) is 0 Å². The summed E-state index contributed by atoms with van der Waals surface area (Å²) in [6.45, 7) is 1.51. The summed E-state index contributed by atoms with van der Waals surface area (Å²) in [7, 11) is 3.94. The number of rotatable bonds is 6. The molecule has 0 bridgehead atoms. The maximum absolute atomic E-state index is 11.6. The summed E-state index contributed by atoms with van der Waals surface area (Å²) in [5.74, 6) is 0.0443. The van der Waals surface area contributed by atoms with Gasteiger partial charge in [-0.1, -0.05) is 29.3 Å². The maximum atomic E-state index is 11.6. The fraction of sp³-hybridized carbons (Fsp3) is 0.462. The number of carbonyl (C=O) groups is 1. The third-order valence-electron chi connectivity index (χ3n) is 2.52. The van der Waals surface area contributed by atoms with Crippen LogP contribution in [0.2, 0.25) is 10.0 Å². The van der Waals surface area contributed by atoms with E-state index in [1.54, 1.807) is 12.1 Å². The highest BCUT2D eigenvalue weighted by Gasteiger charge is 2.05. The van der Waals surface area contributed by atoms with E-state index < -0.39 is 0 Å². The molecule has 18 heavy (non-hydrogen) atoms. The Morgan fingerprint density at radius 3 is 2.67 bits per heavy atom. The van der Waals surface area contributed by atoms with E-state index in [2.05, 4.69) is 5.32 Å². The van der Waals surface area contributed by atoms with Crippen LogP contribution in [0, 0.1) is 0 Å². The SMILES string of the molecule is CN(C)CCNC(=O)CCc1ccc(Cl)cc1Cl. The number of hydrogen-bond donors (Lipinski definition) is 1. The predicted molar refractivity (Wildman–Crippen MR) is 76.3 cm³/mol. The van der Waals surface area contributed by atoms with Crippen LogP contribution >= 0.6 is 23.2 Å². The van der Waals surface area contributed by atoms with Crippen molar-refractivity contribution in [1.82, 2.24) is 10.2 Å². The van der Waals surface area contributed by atoms with Crippen molar-refractivity contribution in [3.05, 3.63) is 33.8 Å². The number of halogens is 2. The van der Waals surface area contributed by atoms with Crippen molar-refractivity contribution in [3.8, 4) is 0 Å². The van der Waals surface area contributed by atoms with E-state index in [0.717, 1.165) is 12.1 Å². The third-order valence-corrected chi connectivity index (χ3v) is 3.10. The van der Waals surface area contributed by atoms with E-state index in [0.29, 0.717) is 29.4 Å². The molecule has 1 amide bonds. The average molecular weight is 289 g/mol. The molecule has 3 nitrogen and oxygen atoms in total. The van der Waals surface area contributed by atoms with E-state index in [1.165, 1.54) is 0 Å².